The molecule has 10 heteroatoms. The molecule has 3 rings (SSSR count). The van der Waals surface area contributed by atoms with Crippen LogP contribution in [-0.2, 0) is 34.1 Å². The van der Waals surface area contributed by atoms with Crippen molar-refractivity contribution in [3.05, 3.63) is 70.3 Å². The predicted molar refractivity (Wildman–Crippen MR) is 139 cm³/mol. The van der Waals surface area contributed by atoms with Gasteiger partial charge in [-0.2, -0.15) is 0 Å². The van der Waals surface area contributed by atoms with Crippen LogP contribution < -0.4 is 15.8 Å². The highest BCUT2D eigenvalue weighted by atomic mass is 32.2. The Morgan fingerprint density at radius 2 is 1.78 bits per heavy atom. The average Bonchev–Trinajstić information content (AvgIpc) is 2.73. The van der Waals surface area contributed by atoms with E-state index in [2.05, 4.69) is 37.5 Å². The maximum atomic E-state index is 13.7. The largest absolute Gasteiger partial charge is 0.390 e. The maximum Gasteiger partial charge on any atom is 0.217 e. The monoisotopic (exact) mass is 537 g/mol. The molecule has 4 atom stereocenters. The van der Waals surface area contributed by atoms with Crippen LogP contribution in [0, 0.1) is 17.0 Å². The maximum absolute atomic E-state index is 13.7. The molecule has 2 aromatic rings. The number of hydrogen-bond acceptors (Lipinski definition) is 5. The number of carbonyl (C=O) groups excluding carboxylic acids is 1. The van der Waals surface area contributed by atoms with Crippen molar-refractivity contribution in [2.24, 2.45) is 10.6 Å². The zero-order chi connectivity index (χ0) is 27.5. The second-order valence-electron chi connectivity index (χ2n) is 11.2. The van der Waals surface area contributed by atoms with Crippen LogP contribution in [-0.4, -0.2) is 43.4 Å². The Balaban J connectivity index is 1.86. The molecule has 7 nitrogen and oxygen atoms in total. The molecular weight excluding hydrogens is 500 g/mol. The van der Waals surface area contributed by atoms with E-state index >= 15 is 0 Å². The van der Waals surface area contributed by atoms with Crippen LogP contribution in [0.5, 0.6) is 0 Å². The number of benzene rings is 2. The van der Waals surface area contributed by atoms with Gasteiger partial charge in [0.15, 0.2) is 0 Å². The van der Waals surface area contributed by atoms with Crippen LogP contribution in [0.1, 0.15) is 62.4 Å². The van der Waals surface area contributed by atoms with E-state index in [1.165, 1.54) is 6.92 Å². The van der Waals surface area contributed by atoms with Gasteiger partial charge < -0.3 is 15.7 Å². The number of hydrogen-bond donors (Lipinski definition) is 4. The lowest BCUT2D eigenvalue weighted by atomic mass is 9.82. The number of aliphatic hydroxyl groups is 1. The third-order valence-electron chi connectivity index (χ3n) is 6.55. The Kier molecular flexibility index (Phi) is 9.10. The van der Waals surface area contributed by atoms with Crippen molar-refractivity contribution < 1.29 is 27.1 Å². The highest BCUT2D eigenvalue weighted by molar-refractivity contribution is 7.89. The van der Waals surface area contributed by atoms with Crippen molar-refractivity contribution in [1.29, 1.82) is 0 Å². The van der Waals surface area contributed by atoms with Crippen LogP contribution in [0.4, 0.5) is 8.78 Å². The fraction of sp³-hybridized carbons (Fsp3) is 0.519. The van der Waals surface area contributed by atoms with Gasteiger partial charge in [0.05, 0.1) is 23.4 Å². The van der Waals surface area contributed by atoms with E-state index in [0.29, 0.717) is 12.8 Å². The lowest BCUT2D eigenvalue weighted by Crippen LogP contribution is -2.51. The molecule has 0 fully saturated rings. The highest BCUT2D eigenvalue weighted by Crippen LogP contribution is 2.35. The molecule has 5 N–H and O–H groups in total. The first-order valence-corrected chi connectivity index (χ1v) is 14.0. The fourth-order valence-electron chi connectivity index (χ4n) is 5.06. The number of nitrogens with one attached hydrogen (secondary N) is 2. The summed E-state index contributed by atoms with van der Waals surface area (Å²) in [5.74, 6) is -1.94. The summed E-state index contributed by atoms with van der Waals surface area (Å²) >= 11 is 0. The van der Waals surface area contributed by atoms with Gasteiger partial charge in [-0.25, -0.2) is 22.3 Å². The van der Waals surface area contributed by atoms with Crippen LogP contribution >= 0.6 is 0 Å². The highest BCUT2D eigenvalue weighted by Gasteiger charge is 2.37. The number of halogens is 2. The summed E-state index contributed by atoms with van der Waals surface area (Å²) in [5.41, 5.74) is 3.20. The molecule has 1 aliphatic carbocycles. The van der Waals surface area contributed by atoms with E-state index in [0.717, 1.165) is 41.3 Å². The van der Waals surface area contributed by atoms with Crippen molar-refractivity contribution >= 4 is 15.9 Å². The number of aryl methyl sites for hydroxylation is 1. The van der Waals surface area contributed by atoms with E-state index in [-0.39, 0.29) is 23.9 Å². The Hall–Kier alpha value is -2.40. The first-order valence-electron chi connectivity index (χ1n) is 12.4. The molecule has 1 aliphatic rings. The van der Waals surface area contributed by atoms with Crippen molar-refractivity contribution in [3.63, 3.8) is 0 Å². The minimum atomic E-state index is -3.91. The second kappa shape index (κ2) is 11.6. The number of nitrogens with two attached hydrogens (primary N) is 1. The third kappa shape index (κ3) is 8.29. The van der Waals surface area contributed by atoms with Gasteiger partial charge in [0, 0.05) is 19.5 Å². The molecule has 0 radical (unpaired) electrons. The van der Waals surface area contributed by atoms with Crippen molar-refractivity contribution in [1.82, 2.24) is 10.6 Å². The Labute approximate surface area is 217 Å². The molecule has 0 bridgehead atoms. The Bertz CT molecular complexity index is 1210. The van der Waals surface area contributed by atoms with E-state index in [4.69, 9.17) is 5.14 Å². The SMILES string of the molecule is CC(=O)NC(Cc1cc(F)cc(F)c1)C(O)CNC1c2cc(CC(C)(C)C)ccc2CCC1S(N)(=O)=O. The Morgan fingerprint density at radius 1 is 1.14 bits per heavy atom. The quantitative estimate of drug-likeness (QED) is 0.392. The van der Waals surface area contributed by atoms with Crippen LogP contribution in [0.3, 0.4) is 0 Å². The minimum absolute atomic E-state index is 0.0211. The molecule has 204 valence electrons. The summed E-state index contributed by atoms with van der Waals surface area (Å²) in [6.07, 6.45) is 0.485. The lowest BCUT2D eigenvalue weighted by molar-refractivity contribution is -0.120. The van der Waals surface area contributed by atoms with Gasteiger partial charge in [0.2, 0.25) is 15.9 Å². The van der Waals surface area contributed by atoms with E-state index in [1.54, 1.807) is 0 Å². The topological polar surface area (TPSA) is 122 Å². The molecule has 0 spiro atoms. The summed E-state index contributed by atoms with van der Waals surface area (Å²) in [4.78, 5) is 11.8. The molecule has 0 saturated heterocycles. The molecule has 37 heavy (non-hydrogen) atoms. The van der Waals surface area contributed by atoms with E-state index in [1.807, 2.05) is 12.1 Å². The van der Waals surface area contributed by atoms with Crippen molar-refractivity contribution in [2.75, 3.05) is 6.54 Å². The number of amides is 1. The molecule has 2 aromatic carbocycles. The number of rotatable bonds is 9. The lowest BCUT2D eigenvalue weighted by Gasteiger charge is -2.35. The van der Waals surface area contributed by atoms with Crippen molar-refractivity contribution in [2.45, 2.75) is 76.8 Å². The van der Waals surface area contributed by atoms with Crippen LogP contribution in [0.25, 0.3) is 0 Å². The first kappa shape index (κ1) is 29.2. The molecule has 4 unspecified atom stereocenters. The molecular formula is C27H37F2N3O4S. The van der Waals surface area contributed by atoms with Gasteiger partial charge in [-0.1, -0.05) is 39.0 Å². The molecule has 0 saturated carbocycles. The number of fused-ring (bicyclic) bond motifs is 1. The van der Waals surface area contributed by atoms with Gasteiger partial charge in [0.1, 0.15) is 11.6 Å². The van der Waals surface area contributed by atoms with E-state index < -0.39 is 51.0 Å². The molecule has 1 amide bonds. The van der Waals surface area contributed by atoms with Gasteiger partial charge in [0.25, 0.3) is 0 Å². The average molecular weight is 538 g/mol. The smallest absolute Gasteiger partial charge is 0.217 e. The molecule has 0 heterocycles. The van der Waals surface area contributed by atoms with Crippen LogP contribution in [0.15, 0.2) is 36.4 Å². The van der Waals surface area contributed by atoms with Crippen LogP contribution in [0.2, 0.25) is 0 Å². The van der Waals surface area contributed by atoms with Gasteiger partial charge in [-0.3, -0.25) is 4.79 Å². The molecule has 0 aromatic heterocycles. The number of sulfonamides is 1. The third-order valence-corrected chi connectivity index (χ3v) is 7.90. The van der Waals surface area contributed by atoms with E-state index in [9.17, 15) is 27.1 Å². The summed E-state index contributed by atoms with van der Waals surface area (Å²) in [7, 11) is -3.91. The van der Waals surface area contributed by atoms with Gasteiger partial charge >= 0.3 is 0 Å². The second-order valence-corrected chi connectivity index (χ2v) is 13.0. The summed E-state index contributed by atoms with van der Waals surface area (Å²) in [5, 5.41) is 21.5. The normalized spacial score (nSPS) is 19.7. The number of carbonyl (C=O) groups is 1. The van der Waals surface area contributed by atoms with Gasteiger partial charge in [-0.15, -0.1) is 0 Å². The Morgan fingerprint density at radius 3 is 2.35 bits per heavy atom. The predicted octanol–water partition coefficient (Wildman–Crippen LogP) is 2.90. The van der Waals surface area contributed by atoms with Crippen molar-refractivity contribution in [3.8, 4) is 0 Å². The minimum Gasteiger partial charge on any atom is -0.390 e. The number of aliphatic hydroxyl groups excluding tert-OH is 1. The molecule has 0 aliphatic heterocycles. The zero-order valence-corrected chi connectivity index (χ0v) is 22.5. The standard InChI is InChI=1S/C27H37F2N3O4S/c1-16(33)32-23(12-18-9-20(28)13-21(29)10-18)24(34)15-31-26-22-11-17(14-27(2,3)4)5-6-19(22)7-8-25(26)37(30,35)36/h5-6,9-11,13,23-26,31,34H,7-8,12,14-15H2,1-4H3,(H,32,33)(H2,30,35,36). The first-order chi connectivity index (χ1) is 17.1. The zero-order valence-electron chi connectivity index (χ0n) is 21.7. The fourth-order valence-corrected chi connectivity index (χ4v) is 6.13. The van der Waals surface area contributed by atoms with Gasteiger partial charge in [-0.05, 0) is 65.5 Å². The summed E-state index contributed by atoms with van der Waals surface area (Å²) in [6.45, 7) is 7.57. The summed E-state index contributed by atoms with van der Waals surface area (Å²) in [6, 6.07) is 7.57. The number of primary sulfonamides is 1. The summed E-state index contributed by atoms with van der Waals surface area (Å²) < 4.78 is 52.4.